The van der Waals surface area contributed by atoms with Crippen LogP contribution in [0.4, 0.5) is 0 Å². The lowest BCUT2D eigenvalue weighted by Crippen LogP contribution is -2.33. The highest BCUT2D eigenvalue weighted by atomic mass is 32.2. The first-order valence-corrected chi connectivity index (χ1v) is 6.11. The molecule has 1 rings (SSSR count). The van der Waals surface area contributed by atoms with E-state index in [2.05, 4.69) is 37.0 Å². The molecule has 1 atom stereocenters. The van der Waals surface area contributed by atoms with Crippen LogP contribution in [0.2, 0.25) is 0 Å². The van der Waals surface area contributed by atoms with Gasteiger partial charge in [-0.15, -0.1) is 0 Å². The van der Waals surface area contributed by atoms with Gasteiger partial charge in [0, 0.05) is 24.1 Å². The van der Waals surface area contributed by atoms with E-state index in [9.17, 15) is 0 Å². The minimum atomic E-state index is 0.615. The van der Waals surface area contributed by atoms with Crippen LogP contribution in [0.1, 0.15) is 13.8 Å². The molecule has 0 radical (unpaired) electrons. The molecule has 0 amide bonds. The highest BCUT2D eigenvalue weighted by Crippen LogP contribution is 2.22. The van der Waals surface area contributed by atoms with Crippen LogP contribution in [0.5, 0.6) is 0 Å². The van der Waals surface area contributed by atoms with E-state index in [0.29, 0.717) is 5.25 Å². The molecule has 1 nitrogen and oxygen atoms in total. The van der Waals surface area contributed by atoms with Gasteiger partial charge in [0.25, 0.3) is 0 Å². The van der Waals surface area contributed by atoms with E-state index in [4.69, 9.17) is 0 Å². The van der Waals surface area contributed by atoms with E-state index < -0.39 is 0 Å². The zero-order chi connectivity index (χ0) is 10.4. The summed E-state index contributed by atoms with van der Waals surface area (Å²) in [6, 6.07) is 0. The lowest BCUT2D eigenvalue weighted by molar-refractivity contribution is 0.709. The summed E-state index contributed by atoms with van der Waals surface area (Å²) < 4.78 is 0. The van der Waals surface area contributed by atoms with Crippen LogP contribution in [0, 0.1) is 0 Å². The number of hydrogen-bond donors (Lipinski definition) is 1. The molecular formula is C12H19NS. The molecule has 0 aliphatic carbocycles. The van der Waals surface area contributed by atoms with Crippen molar-refractivity contribution in [3.05, 3.63) is 36.0 Å². The van der Waals surface area contributed by atoms with E-state index in [1.54, 1.807) is 0 Å². The lowest BCUT2D eigenvalue weighted by atomic mass is 10.1. The highest BCUT2D eigenvalue weighted by molar-refractivity contribution is 8.00. The lowest BCUT2D eigenvalue weighted by Gasteiger charge is -2.23. The predicted molar refractivity (Wildman–Crippen MR) is 66.8 cm³/mol. The van der Waals surface area contributed by atoms with Crippen molar-refractivity contribution in [3.63, 3.8) is 0 Å². The second-order valence-corrected chi connectivity index (χ2v) is 4.84. The maximum atomic E-state index is 3.87. The van der Waals surface area contributed by atoms with Gasteiger partial charge in [-0.05, 0) is 19.4 Å². The number of thioether (sulfide) groups is 1. The Balaban J connectivity index is 2.57. The van der Waals surface area contributed by atoms with E-state index in [0.717, 1.165) is 18.7 Å². The van der Waals surface area contributed by atoms with Gasteiger partial charge in [0.05, 0.1) is 0 Å². The Morgan fingerprint density at radius 2 is 2.29 bits per heavy atom. The zero-order valence-electron chi connectivity index (χ0n) is 9.05. The van der Waals surface area contributed by atoms with E-state index in [-0.39, 0.29) is 0 Å². The third-order valence-electron chi connectivity index (χ3n) is 2.19. The van der Waals surface area contributed by atoms with Gasteiger partial charge in [-0.1, -0.05) is 30.4 Å². The Kier molecular flexibility index (Phi) is 5.05. The van der Waals surface area contributed by atoms with Crippen LogP contribution < -0.4 is 5.32 Å². The summed E-state index contributed by atoms with van der Waals surface area (Å²) in [5.74, 6) is 1.21. The second-order valence-electron chi connectivity index (χ2n) is 3.53. The molecule has 14 heavy (non-hydrogen) atoms. The third-order valence-corrected chi connectivity index (χ3v) is 3.47. The molecule has 2 heteroatoms. The topological polar surface area (TPSA) is 12.0 Å². The van der Waals surface area contributed by atoms with Crippen LogP contribution in [0.3, 0.4) is 0 Å². The fraction of sp³-hybridized carbons (Fsp3) is 0.500. The monoisotopic (exact) mass is 209 g/mol. The van der Waals surface area contributed by atoms with Crippen molar-refractivity contribution in [3.8, 4) is 0 Å². The molecular weight excluding hydrogens is 190 g/mol. The number of rotatable bonds is 3. The van der Waals surface area contributed by atoms with Gasteiger partial charge in [-0.3, -0.25) is 0 Å². The van der Waals surface area contributed by atoms with Crippen LogP contribution in [-0.2, 0) is 0 Å². The summed E-state index contributed by atoms with van der Waals surface area (Å²) in [6.45, 7) is 10.2. The van der Waals surface area contributed by atoms with E-state index in [1.165, 1.54) is 11.3 Å². The Labute approximate surface area is 91.4 Å². The first kappa shape index (κ1) is 11.6. The maximum Gasteiger partial charge on any atom is 0.0419 e. The number of nitrogens with one attached hydrogen (secondary N) is 1. The fourth-order valence-electron chi connectivity index (χ4n) is 1.41. The summed E-state index contributed by atoms with van der Waals surface area (Å²) in [5, 5.41) is 4.03. The Bertz CT molecular complexity index is 247. The molecule has 0 bridgehead atoms. The Morgan fingerprint density at radius 1 is 1.50 bits per heavy atom. The first-order chi connectivity index (χ1) is 6.74. The van der Waals surface area contributed by atoms with Gasteiger partial charge in [0.15, 0.2) is 0 Å². The van der Waals surface area contributed by atoms with Crippen molar-refractivity contribution < 1.29 is 0 Å². The second kappa shape index (κ2) is 6.10. The molecule has 1 heterocycles. The van der Waals surface area contributed by atoms with Crippen LogP contribution in [0.25, 0.3) is 0 Å². The molecule has 1 unspecified atom stereocenters. The first-order valence-electron chi connectivity index (χ1n) is 5.06. The molecule has 1 N–H and O–H groups in total. The standard InChI is InChI=1S/C12H19NS/c1-4-11(6-5-10(2)3)12-9-13-7-8-14-12/h4-6,12-13H,2,7-9H2,1,3H3/b6-5-,11-4+. The van der Waals surface area contributed by atoms with Gasteiger partial charge >= 0.3 is 0 Å². The van der Waals surface area contributed by atoms with E-state index >= 15 is 0 Å². The molecule has 0 aromatic heterocycles. The SMILES string of the molecule is C=C(C)/C=C\C(=C/C)C1CNCCS1. The summed E-state index contributed by atoms with van der Waals surface area (Å²) in [7, 11) is 0. The Hall–Kier alpha value is -0.470. The zero-order valence-corrected chi connectivity index (χ0v) is 9.86. The average Bonchev–Trinajstić information content (AvgIpc) is 2.20. The van der Waals surface area contributed by atoms with Gasteiger partial charge < -0.3 is 5.32 Å². The van der Waals surface area contributed by atoms with Crippen molar-refractivity contribution in [2.45, 2.75) is 19.1 Å². The molecule has 1 aliphatic rings. The smallest absolute Gasteiger partial charge is 0.0419 e. The van der Waals surface area contributed by atoms with Crippen molar-refractivity contribution in [2.24, 2.45) is 0 Å². The van der Waals surface area contributed by atoms with Crippen LogP contribution in [0.15, 0.2) is 36.0 Å². The van der Waals surface area contributed by atoms with Gasteiger partial charge in [0.2, 0.25) is 0 Å². The number of hydrogen-bond acceptors (Lipinski definition) is 2. The largest absolute Gasteiger partial charge is 0.314 e. The Morgan fingerprint density at radius 3 is 2.79 bits per heavy atom. The molecule has 78 valence electrons. The highest BCUT2D eigenvalue weighted by Gasteiger charge is 2.15. The summed E-state index contributed by atoms with van der Waals surface area (Å²) >= 11 is 2.04. The van der Waals surface area contributed by atoms with Gasteiger partial charge in [-0.25, -0.2) is 0 Å². The van der Waals surface area contributed by atoms with Crippen LogP contribution in [-0.4, -0.2) is 24.1 Å². The maximum absolute atomic E-state index is 3.87. The van der Waals surface area contributed by atoms with Crippen molar-refractivity contribution in [1.82, 2.24) is 5.32 Å². The minimum Gasteiger partial charge on any atom is -0.314 e. The third kappa shape index (κ3) is 3.72. The summed E-state index contributed by atoms with van der Waals surface area (Å²) in [4.78, 5) is 0. The molecule has 1 aliphatic heterocycles. The average molecular weight is 209 g/mol. The summed E-state index contributed by atoms with van der Waals surface area (Å²) in [5.41, 5.74) is 2.52. The predicted octanol–water partition coefficient (Wildman–Crippen LogP) is 2.77. The van der Waals surface area contributed by atoms with Crippen molar-refractivity contribution >= 4 is 11.8 Å². The van der Waals surface area contributed by atoms with Crippen molar-refractivity contribution in [2.75, 3.05) is 18.8 Å². The molecule has 0 saturated carbocycles. The molecule has 0 aromatic rings. The molecule has 0 spiro atoms. The normalized spacial score (nSPS) is 24.1. The van der Waals surface area contributed by atoms with Crippen LogP contribution >= 0.6 is 11.8 Å². The summed E-state index contributed by atoms with van der Waals surface area (Å²) in [6.07, 6.45) is 6.47. The van der Waals surface area contributed by atoms with Gasteiger partial charge in [-0.2, -0.15) is 11.8 Å². The quantitative estimate of drug-likeness (QED) is 0.717. The molecule has 0 aromatic carbocycles. The minimum absolute atomic E-state index is 0.615. The number of allylic oxidation sites excluding steroid dienone is 4. The molecule has 1 fully saturated rings. The van der Waals surface area contributed by atoms with Gasteiger partial charge in [0.1, 0.15) is 0 Å². The fourth-order valence-corrected chi connectivity index (χ4v) is 2.60. The van der Waals surface area contributed by atoms with Crippen molar-refractivity contribution in [1.29, 1.82) is 0 Å². The van der Waals surface area contributed by atoms with E-state index in [1.807, 2.05) is 18.7 Å². The molecule has 1 saturated heterocycles.